The van der Waals surface area contributed by atoms with Gasteiger partial charge in [0.05, 0.1) is 0 Å². The number of hydrogen-bond donors (Lipinski definition) is 1. The number of nitrogens with one attached hydrogen (secondary N) is 1. The third-order valence-corrected chi connectivity index (χ3v) is 5.67. The Bertz CT molecular complexity index is 594. The van der Waals surface area contributed by atoms with Crippen LogP contribution in [0.25, 0.3) is 0 Å². The van der Waals surface area contributed by atoms with Crippen LogP contribution in [0.3, 0.4) is 0 Å². The summed E-state index contributed by atoms with van der Waals surface area (Å²) in [7, 11) is 1.59. The van der Waals surface area contributed by atoms with E-state index in [0.717, 1.165) is 55.7 Å². The number of unbranched alkanes of at least 4 members (excludes halogenated alkanes) is 1. The molecule has 3 atom stereocenters. The summed E-state index contributed by atoms with van der Waals surface area (Å²) in [5, 5.41) is 2.96. The molecule has 0 aliphatic carbocycles. The van der Waals surface area contributed by atoms with E-state index in [1.54, 1.807) is 7.11 Å². The molecule has 5 nitrogen and oxygen atoms in total. The molecule has 1 aliphatic heterocycles. The van der Waals surface area contributed by atoms with Gasteiger partial charge in [0.15, 0.2) is 0 Å². The molecule has 0 radical (unpaired) electrons. The lowest BCUT2D eigenvalue weighted by Gasteiger charge is -2.34. The number of hydrogen-bond acceptors (Lipinski definition) is 4. The molecule has 1 amide bonds. The lowest BCUT2D eigenvalue weighted by Crippen LogP contribution is -2.41. The van der Waals surface area contributed by atoms with Gasteiger partial charge in [-0.1, -0.05) is 33.6 Å². The predicted octanol–water partition coefficient (Wildman–Crippen LogP) is 4.58. The quantitative estimate of drug-likeness (QED) is 0.635. The highest BCUT2D eigenvalue weighted by Gasteiger charge is 2.32. The number of likely N-dealkylation sites (tertiary alicyclic amines) is 1. The van der Waals surface area contributed by atoms with Crippen LogP contribution in [0.1, 0.15) is 53.4 Å². The Hall–Kier alpha value is -1.59. The number of ether oxygens (including phenoxy) is 2. The first-order valence-electron chi connectivity index (χ1n) is 10.7. The maximum absolute atomic E-state index is 12.6. The number of anilines is 1. The summed E-state index contributed by atoms with van der Waals surface area (Å²) in [5.74, 6) is 2.26. The standard InChI is InChI=1S/C23H38N2O3/c1-6-7-12-23(4,27-5)22(26)24-20-8-10-21(11-9-20)28-14-13-25-16-18(2)15-19(3)17-25/h8-11,18-19H,6-7,12-17H2,1-5H3,(H,24,26)/t18-,19-,23-/m1/s1. The first-order chi connectivity index (χ1) is 13.4. The number of rotatable bonds is 10. The van der Waals surface area contributed by atoms with Crippen molar-refractivity contribution in [1.29, 1.82) is 0 Å². The van der Waals surface area contributed by atoms with Gasteiger partial charge >= 0.3 is 0 Å². The maximum Gasteiger partial charge on any atom is 0.256 e. The van der Waals surface area contributed by atoms with Gasteiger partial charge in [0.25, 0.3) is 5.91 Å². The highest BCUT2D eigenvalue weighted by molar-refractivity contribution is 5.97. The second-order valence-electron chi connectivity index (χ2n) is 8.57. The minimum absolute atomic E-state index is 0.106. The molecule has 0 aromatic heterocycles. The van der Waals surface area contributed by atoms with E-state index < -0.39 is 5.60 Å². The van der Waals surface area contributed by atoms with Gasteiger partial charge in [-0.05, 0) is 55.9 Å². The molecular formula is C23H38N2O3. The van der Waals surface area contributed by atoms with Crippen LogP contribution in [0.15, 0.2) is 24.3 Å². The highest BCUT2D eigenvalue weighted by atomic mass is 16.5. The summed E-state index contributed by atoms with van der Waals surface area (Å²) in [6.45, 7) is 12.6. The molecule has 158 valence electrons. The fourth-order valence-electron chi connectivity index (χ4n) is 3.99. The minimum Gasteiger partial charge on any atom is -0.492 e. The van der Waals surface area contributed by atoms with Gasteiger partial charge < -0.3 is 14.8 Å². The lowest BCUT2D eigenvalue weighted by molar-refractivity contribution is -0.136. The first kappa shape index (κ1) is 22.7. The van der Waals surface area contributed by atoms with Crippen LogP contribution < -0.4 is 10.1 Å². The molecule has 0 spiro atoms. The molecular weight excluding hydrogens is 352 g/mol. The van der Waals surface area contributed by atoms with Crippen molar-refractivity contribution in [3.8, 4) is 5.75 Å². The van der Waals surface area contributed by atoms with Gasteiger partial charge in [-0.3, -0.25) is 9.69 Å². The Morgan fingerprint density at radius 1 is 1.21 bits per heavy atom. The topological polar surface area (TPSA) is 50.8 Å². The highest BCUT2D eigenvalue weighted by Crippen LogP contribution is 2.23. The third kappa shape index (κ3) is 6.78. The number of nitrogens with zero attached hydrogens (tertiary/aromatic N) is 1. The molecule has 2 rings (SSSR count). The zero-order valence-corrected chi connectivity index (χ0v) is 18.3. The van der Waals surface area contributed by atoms with E-state index >= 15 is 0 Å². The van der Waals surface area contributed by atoms with Gasteiger partial charge in [-0.25, -0.2) is 0 Å². The fourth-order valence-corrected chi connectivity index (χ4v) is 3.99. The molecule has 0 saturated carbocycles. The van der Waals surface area contributed by atoms with E-state index in [1.165, 1.54) is 6.42 Å². The van der Waals surface area contributed by atoms with E-state index in [1.807, 2.05) is 31.2 Å². The van der Waals surface area contributed by atoms with E-state index in [4.69, 9.17) is 9.47 Å². The Kier molecular flexibility index (Phi) is 8.77. The number of benzene rings is 1. The number of methoxy groups -OCH3 is 1. The van der Waals surface area contributed by atoms with Crippen molar-refractivity contribution in [3.05, 3.63) is 24.3 Å². The molecule has 1 aromatic carbocycles. The number of carbonyl (C=O) groups excluding carboxylic acids is 1. The Morgan fingerprint density at radius 2 is 1.86 bits per heavy atom. The summed E-state index contributed by atoms with van der Waals surface area (Å²) >= 11 is 0. The van der Waals surface area contributed by atoms with Crippen molar-refractivity contribution in [2.24, 2.45) is 11.8 Å². The van der Waals surface area contributed by atoms with Crippen LogP contribution in [0.5, 0.6) is 5.75 Å². The third-order valence-electron chi connectivity index (χ3n) is 5.67. The molecule has 0 bridgehead atoms. The molecule has 1 N–H and O–H groups in total. The van der Waals surface area contributed by atoms with Gasteiger partial charge in [0.1, 0.15) is 18.0 Å². The molecule has 1 saturated heterocycles. The average molecular weight is 391 g/mol. The Balaban J connectivity index is 1.80. The van der Waals surface area contributed by atoms with Gasteiger partial charge in [-0.15, -0.1) is 0 Å². The molecule has 28 heavy (non-hydrogen) atoms. The monoisotopic (exact) mass is 390 g/mol. The fraction of sp³-hybridized carbons (Fsp3) is 0.696. The van der Waals surface area contributed by atoms with Crippen molar-refractivity contribution in [2.75, 3.05) is 38.7 Å². The normalized spacial score (nSPS) is 22.5. The van der Waals surface area contributed by atoms with Crippen LogP contribution in [-0.4, -0.2) is 49.8 Å². The van der Waals surface area contributed by atoms with Crippen LogP contribution in [0.2, 0.25) is 0 Å². The van der Waals surface area contributed by atoms with Crippen LogP contribution in [-0.2, 0) is 9.53 Å². The molecule has 1 aliphatic rings. The summed E-state index contributed by atoms with van der Waals surface area (Å²) in [6, 6.07) is 7.59. The summed E-state index contributed by atoms with van der Waals surface area (Å²) in [5.41, 5.74) is -0.0377. The van der Waals surface area contributed by atoms with Crippen molar-refractivity contribution in [1.82, 2.24) is 4.90 Å². The van der Waals surface area contributed by atoms with E-state index in [0.29, 0.717) is 13.0 Å². The predicted molar refractivity (Wildman–Crippen MR) is 115 cm³/mol. The Morgan fingerprint density at radius 3 is 2.43 bits per heavy atom. The molecule has 1 fully saturated rings. The van der Waals surface area contributed by atoms with Crippen LogP contribution in [0, 0.1) is 11.8 Å². The SMILES string of the molecule is CCCC[C@@](C)(OC)C(=O)Nc1ccc(OCCN2C[C@H](C)C[C@@H](C)C2)cc1. The van der Waals surface area contributed by atoms with Gasteiger partial charge in [0.2, 0.25) is 0 Å². The lowest BCUT2D eigenvalue weighted by atomic mass is 9.92. The van der Waals surface area contributed by atoms with Crippen LogP contribution >= 0.6 is 0 Å². The van der Waals surface area contributed by atoms with Crippen molar-refractivity contribution in [3.63, 3.8) is 0 Å². The average Bonchev–Trinajstić information content (AvgIpc) is 2.66. The Labute approximate surface area is 170 Å². The molecule has 0 unspecified atom stereocenters. The van der Waals surface area contributed by atoms with Crippen molar-refractivity contribution in [2.45, 2.75) is 59.0 Å². The largest absolute Gasteiger partial charge is 0.492 e. The summed E-state index contributed by atoms with van der Waals surface area (Å²) < 4.78 is 11.4. The van der Waals surface area contributed by atoms with E-state index in [2.05, 4.69) is 31.0 Å². The van der Waals surface area contributed by atoms with Crippen LogP contribution in [0.4, 0.5) is 5.69 Å². The van der Waals surface area contributed by atoms with Gasteiger partial charge in [-0.2, -0.15) is 0 Å². The van der Waals surface area contributed by atoms with E-state index in [9.17, 15) is 4.79 Å². The van der Waals surface area contributed by atoms with Crippen molar-refractivity contribution >= 4 is 11.6 Å². The second-order valence-corrected chi connectivity index (χ2v) is 8.57. The maximum atomic E-state index is 12.6. The molecule has 1 aromatic rings. The number of amides is 1. The zero-order valence-electron chi connectivity index (χ0n) is 18.3. The summed E-state index contributed by atoms with van der Waals surface area (Å²) in [6.07, 6.45) is 4.03. The zero-order chi connectivity index (χ0) is 20.6. The second kappa shape index (κ2) is 10.8. The van der Waals surface area contributed by atoms with E-state index in [-0.39, 0.29) is 5.91 Å². The summed E-state index contributed by atoms with van der Waals surface area (Å²) in [4.78, 5) is 15.1. The minimum atomic E-state index is -0.798. The number of carbonyl (C=O) groups is 1. The smallest absolute Gasteiger partial charge is 0.256 e. The first-order valence-corrected chi connectivity index (χ1v) is 10.7. The van der Waals surface area contributed by atoms with Crippen molar-refractivity contribution < 1.29 is 14.3 Å². The van der Waals surface area contributed by atoms with Gasteiger partial charge in [0, 0.05) is 32.4 Å². The molecule has 1 heterocycles. The number of piperidine rings is 1. The molecule has 5 heteroatoms.